The van der Waals surface area contributed by atoms with E-state index in [0.717, 1.165) is 37.9 Å². The first-order valence-electron chi connectivity index (χ1n) is 9.43. The van der Waals surface area contributed by atoms with E-state index < -0.39 is 22.6 Å². The number of hydrogen-bond acceptors (Lipinski definition) is 6. The lowest BCUT2D eigenvalue weighted by molar-refractivity contribution is -0.389. The first-order valence-corrected chi connectivity index (χ1v) is 10.2. The highest BCUT2D eigenvalue weighted by molar-refractivity contribution is 6.34. The van der Waals surface area contributed by atoms with Gasteiger partial charge in [0.25, 0.3) is 5.91 Å². The zero-order chi connectivity index (χ0) is 22.1. The monoisotopic (exact) mass is 453 g/mol. The Morgan fingerprint density at radius 2 is 1.90 bits per heavy atom. The van der Waals surface area contributed by atoms with E-state index in [1.54, 1.807) is 0 Å². The highest BCUT2D eigenvalue weighted by Gasteiger charge is 2.19. The van der Waals surface area contributed by atoms with Crippen molar-refractivity contribution in [3.05, 3.63) is 56.2 Å². The Labute approximate surface area is 183 Å². The summed E-state index contributed by atoms with van der Waals surface area (Å²) in [5.74, 6) is -1.49. The second-order valence-electron chi connectivity index (χ2n) is 6.51. The van der Waals surface area contributed by atoms with Crippen molar-refractivity contribution in [2.75, 3.05) is 5.32 Å². The molecule has 0 aliphatic rings. The summed E-state index contributed by atoms with van der Waals surface area (Å²) in [5, 5.41) is 13.5. The molecule has 1 amide bonds. The molecule has 0 fully saturated rings. The zero-order valence-corrected chi connectivity index (χ0v) is 17.8. The van der Waals surface area contributed by atoms with Gasteiger partial charge >= 0.3 is 11.8 Å². The molecule has 0 atom stereocenters. The van der Waals surface area contributed by atoms with Gasteiger partial charge in [-0.1, -0.05) is 55.8 Å². The average molecular weight is 454 g/mol. The molecule has 30 heavy (non-hydrogen) atoms. The van der Waals surface area contributed by atoms with Gasteiger partial charge in [-0.3, -0.25) is 9.59 Å². The molecule has 0 bridgehead atoms. The van der Waals surface area contributed by atoms with Crippen molar-refractivity contribution < 1.29 is 19.2 Å². The van der Waals surface area contributed by atoms with E-state index in [0.29, 0.717) is 6.42 Å². The molecule has 1 heterocycles. The highest BCUT2D eigenvalue weighted by atomic mass is 35.5. The van der Waals surface area contributed by atoms with Crippen LogP contribution in [-0.4, -0.2) is 21.8 Å². The van der Waals surface area contributed by atoms with Crippen molar-refractivity contribution in [2.45, 2.75) is 45.4 Å². The number of nitro groups is 1. The molecule has 0 saturated heterocycles. The number of amides is 1. The first kappa shape index (κ1) is 23.6. The standard InChI is InChI=1S/C20H21Cl2N3O5/c1-2-3-4-5-6-7-19(26)30-17-9-8-13(21)10-14(17)20(27)24-16-12-23-18(25(28)29)11-15(16)22/h8-12H,2-7H2,1H3,(H,24,27). The van der Waals surface area contributed by atoms with Gasteiger partial charge < -0.3 is 20.2 Å². The number of nitrogens with one attached hydrogen (secondary N) is 1. The van der Waals surface area contributed by atoms with Crippen molar-refractivity contribution in [3.63, 3.8) is 0 Å². The second kappa shape index (κ2) is 11.5. The quantitative estimate of drug-likeness (QED) is 0.159. The summed E-state index contributed by atoms with van der Waals surface area (Å²) in [4.78, 5) is 38.5. The zero-order valence-electron chi connectivity index (χ0n) is 16.3. The number of carbonyl (C=O) groups excluding carboxylic acids is 2. The summed E-state index contributed by atoms with van der Waals surface area (Å²) in [7, 11) is 0. The molecular weight excluding hydrogens is 433 g/mol. The number of rotatable bonds is 10. The molecule has 2 rings (SSSR count). The number of esters is 1. The predicted molar refractivity (Wildman–Crippen MR) is 114 cm³/mol. The normalized spacial score (nSPS) is 10.5. The van der Waals surface area contributed by atoms with Crippen LogP contribution in [0.3, 0.4) is 0 Å². The molecule has 8 nitrogen and oxygen atoms in total. The SMILES string of the molecule is CCCCCCCC(=O)Oc1ccc(Cl)cc1C(=O)Nc1cnc([N+](=O)[O-])cc1Cl. The van der Waals surface area contributed by atoms with Gasteiger partial charge in [-0.15, -0.1) is 0 Å². The second-order valence-corrected chi connectivity index (χ2v) is 7.36. The number of carbonyl (C=O) groups is 2. The Morgan fingerprint density at radius 3 is 2.57 bits per heavy atom. The fourth-order valence-electron chi connectivity index (χ4n) is 2.62. The number of nitrogens with zero attached hydrogens (tertiary/aromatic N) is 2. The third-order valence-electron chi connectivity index (χ3n) is 4.17. The summed E-state index contributed by atoms with van der Waals surface area (Å²) in [6, 6.07) is 5.31. The molecule has 1 aromatic heterocycles. The van der Waals surface area contributed by atoms with Crippen LogP contribution < -0.4 is 10.1 Å². The maximum atomic E-state index is 12.7. The van der Waals surface area contributed by atoms with E-state index in [4.69, 9.17) is 27.9 Å². The lowest BCUT2D eigenvalue weighted by atomic mass is 10.1. The molecule has 0 saturated carbocycles. The van der Waals surface area contributed by atoms with Gasteiger partial charge in [-0.05, 0) is 34.5 Å². The topological polar surface area (TPSA) is 111 Å². The molecule has 10 heteroatoms. The van der Waals surface area contributed by atoms with Gasteiger partial charge in [0, 0.05) is 11.4 Å². The van der Waals surface area contributed by atoms with Crippen molar-refractivity contribution in [3.8, 4) is 5.75 Å². The van der Waals surface area contributed by atoms with Crippen LogP contribution in [0.5, 0.6) is 5.75 Å². The van der Waals surface area contributed by atoms with Crippen molar-refractivity contribution >= 4 is 46.6 Å². The Morgan fingerprint density at radius 1 is 1.17 bits per heavy atom. The van der Waals surface area contributed by atoms with E-state index >= 15 is 0 Å². The van der Waals surface area contributed by atoms with Gasteiger partial charge in [-0.2, -0.15) is 0 Å². The van der Waals surface area contributed by atoms with Crippen molar-refractivity contribution in [1.82, 2.24) is 4.98 Å². The van der Waals surface area contributed by atoms with E-state index in [9.17, 15) is 19.7 Å². The van der Waals surface area contributed by atoms with Crippen LogP contribution in [0.4, 0.5) is 11.5 Å². The first-order chi connectivity index (χ1) is 14.3. The smallest absolute Gasteiger partial charge is 0.365 e. The fraction of sp³-hybridized carbons (Fsp3) is 0.350. The fourth-order valence-corrected chi connectivity index (χ4v) is 2.98. The summed E-state index contributed by atoms with van der Waals surface area (Å²) >= 11 is 12.0. The summed E-state index contributed by atoms with van der Waals surface area (Å²) in [6.07, 6.45) is 6.25. The maximum absolute atomic E-state index is 12.7. The summed E-state index contributed by atoms with van der Waals surface area (Å²) in [6.45, 7) is 2.11. The Bertz CT molecular complexity index is 937. The lowest BCUT2D eigenvalue weighted by Crippen LogP contribution is -2.16. The van der Waals surface area contributed by atoms with Gasteiger partial charge in [0.2, 0.25) is 0 Å². The van der Waals surface area contributed by atoms with Crippen LogP contribution in [0.2, 0.25) is 10.0 Å². The number of unbranched alkanes of at least 4 members (excludes halogenated alkanes) is 4. The predicted octanol–water partition coefficient (Wildman–Crippen LogP) is 5.81. The van der Waals surface area contributed by atoms with Crippen LogP contribution in [0.1, 0.15) is 55.8 Å². The Hall–Kier alpha value is -2.71. The van der Waals surface area contributed by atoms with Gasteiger partial charge in [0.1, 0.15) is 11.4 Å². The maximum Gasteiger partial charge on any atom is 0.365 e. The number of pyridine rings is 1. The van der Waals surface area contributed by atoms with E-state index in [1.807, 2.05) is 0 Å². The molecule has 0 spiro atoms. The molecule has 0 aliphatic heterocycles. The van der Waals surface area contributed by atoms with E-state index in [2.05, 4.69) is 17.2 Å². The summed E-state index contributed by atoms with van der Waals surface area (Å²) in [5.41, 5.74) is 0.0942. The molecule has 0 radical (unpaired) electrons. The Kier molecular flexibility index (Phi) is 9.01. The minimum Gasteiger partial charge on any atom is -0.426 e. The molecular formula is C20H21Cl2N3O5. The largest absolute Gasteiger partial charge is 0.426 e. The van der Waals surface area contributed by atoms with E-state index in [-0.39, 0.29) is 33.5 Å². The minimum atomic E-state index is -0.700. The van der Waals surface area contributed by atoms with Crippen LogP contribution in [0.25, 0.3) is 0 Å². The third-order valence-corrected chi connectivity index (χ3v) is 4.72. The van der Waals surface area contributed by atoms with Crippen LogP contribution in [-0.2, 0) is 4.79 Å². The number of aromatic nitrogens is 1. The number of benzene rings is 1. The van der Waals surface area contributed by atoms with Gasteiger partial charge in [0.05, 0.1) is 16.7 Å². The minimum absolute atomic E-state index is 0.0243. The van der Waals surface area contributed by atoms with E-state index in [1.165, 1.54) is 18.2 Å². The van der Waals surface area contributed by atoms with Crippen molar-refractivity contribution in [1.29, 1.82) is 0 Å². The molecule has 1 aromatic carbocycles. The number of halogens is 2. The van der Waals surface area contributed by atoms with Crippen LogP contribution in [0.15, 0.2) is 30.5 Å². The van der Waals surface area contributed by atoms with Gasteiger partial charge in [-0.25, -0.2) is 0 Å². The summed E-state index contributed by atoms with van der Waals surface area (Å²) < 4.78 is 5.35. The lowest BCUT2D eigenvalue weighted by Gasteiger charge is -2.11. The van der Waals surface area contributed by atoms with Crippen molar-refractivity contribution in [2.24, 2.45) is 0 Å². The van der Waals surface area contributed by atoms with Crippen LogP contribution in [0, 0.1) is 10.1 Å². The number of hydrogen-bond donors (Lipinski definition) is 1. The molecule has 160 valence electrons. The van der Waals surface area contributed by atoms with Crippen LogP contribution >= 0.6 is 23.2 Å². The molecule has 0 aliphatic carbocycles. The third kappa shape index (κ3) is 6.96. The molecule has 2 aromatic rings. The number of ether oxygens (including phenoxy) is 1. The molecule has 0 unspecified atom stereocenters. The highest BCUT2D eigenvalue weighted by Crippen LogP contribution is 2.28. The average Bonchev–Trinajstić information content (AvgIpc) is 2.70. The Balaban J connectivity index is 2.09. The number of anilines is 1. The molecule has 1 N–H and O–H groups in total. The van der Waals surface area contributed by atoms with Gasteiger partial charge in [0.15, 0.2) is 6.20 Å².